The molecule has 24 heavy (non-hydrogen) atoms. The highest BCUT2D eigenvalue weighted by Gasteiger charge is 2.14. The zero-order chi connectivity index (χ0) is 18.0. The third-order valence-electron chi connectivity index (χ3n) is 4.61. The van der Waals surface area contributed by atoms with Crippen molar-refractivity contribution in [2.45, 2.75) is 78.0 Å². The molecule has 0 aliphatic heterocycles. The normalized spacial score (nSPS) is 13.5. The summed E-state index contributed by atoms with van der Waals surface area (Å²) in [6.45, 7) is 10.7. The molecule has 138 valence electrons. The lowest BCUT2D eigenvalue weighted by molar-refractivity contribution is 0.155. The van der Waals surface area contributed by atoms with Crippen molar-refractivity contribution < 1.29 is 9.50 Å². The van der Waals surface area contributed by atoms with E-state index in [0.717, 1.165) is 57.3 Å². The van der Waals surface area contributed by atoms with Crippen LogP contribution in [0.5, 0.6) is 0 Å². The summed E-state index contributed by atoms with van der Waals surface area (Å²) in [6.07, 6.45) is 5.28. The molecule has 0 saturated carbocycles. The fourth-order valence-corrected chi connectivity index (χ4v) is 2.95. The number of alkyl halides is 1. The van der Waals surface area contributed by atoms with E-state index < -0.39 is 5.67 Å². The second kappa shape index (κ2) is 10.8. The van der Waals surface area contributed by atoms with Crippen LogP contribution in [0.4, 0.5) is 4.39 Å². The molecule has 1 unspecified atom stereocenters. The van der Waals surface area contributed by atoms with E-state index in [1.807, 2.05) is 12.1 Å². The fourth-order valence-electron chi connectivity index (χ4n) is 2.95. The highest BCUT2D eigenvalue weighted by molar-refractivity contribution is 5.22. The molecule has 0 aliphatic carbocycles. The van der Waals surface area contributed by atoms with Gasteiger partial charge in [0.2, 0.25) is 0 Å². The summed E-state index contributed by atoms with van der Waals surface area (Å²) in [5, 5.41) is 10.3. The number of unbranched alkanes of at least 4 members (excludes halogenated alkanes) is 2. The van der Waals surface area contributed by atoms with Crippen LogP contribution < -0.4 is 0 Å². The first-order chi connectivity index (χ1) is 11.3. The molecule has 1 atom stereocenters. The van der Waals surface area contributed by atoms with Crippen molar-refractivity contribution in [1.82, 2.24) is 4.90 Å². The monoisotopic (exact) mass is 337 g/mol. The number of aliphatic hydroxyl groups excluding tert-OH is 1. The van der Waals surface area contributed by atoms with Gasteiger partial charge in [0.1, 0.15) is 5.67 Å². The van der Waals surface area contributed by atoms with E-state index in [-0.39, 0.29) is 6.10 Å². The number of nitrogens with zero attached hydrogens (tertiary/aromatic N) is 1. The quantitative estimate of drug-likeness (QED) is 0.513. The van der Waals surface area contributed by atoms with Crippen LogP contribution in [0.15, 0.2) is 24.3 Å². The lowest BCUT2D eigenvalue weighted by atomic mass is 10.0. The Balaban J connectivity index is 2.18. The topological polar surface area (TPSA) is 23.5 Å². The largest absolute Gasteiger partial charge is 0.388 e. The van der Waals surface area contributed by atoms with Crippen molar-refractivity contribution in [2.24, 2.45) is 0 Å². The van der Waals surface area contributed by atoms with E-state index in [1.54, 1.807) is 13.8 Å². The zero-order valence-corrected chi connectivity index (χ0v) is 16.0. The second-order valence-electron chi connectivity index (χ2n) is 7.53. The molecule has 0 heterocycles. The third-order valence-corrected chi connectivity index (χ3v) is 4.61. The summed E-state index contributed by atoms with van der Waals surface area (Å²) in [6, 6.07) is 8.14. The Morgan fingerprint density at radius 2 is 1.67 bits per heavy atom. The molecule has 0 fully saturated rings. The first-order valence-electron chi connectivity index (χ1n) is 9.47. The maximum Gasteiger partial charge on any atom is 0.105 e. The van der Waals surface area contributed by atoms with Crippen LogP contribution in [0, 0.1) is 6.92 Å². The van der Waals surface area contributed by atoms with E-state index in [2.05, 4.69) is 30.9 Å². The summed E-state index contributed by atoms with van der Waals surface area (Å²) in [5.74, 6) is 0. The number of halogens is 1. The third kappa shape index (κ3) is 9.39. The minimum Gasteiger partial charge on any atom is -0.388 e. The minimum absolute atomic E-state index is 0.365. The molecule has 3 heteroatoms. The van der Waals surface area contributed by atoms with Gasteiger partial charge in [-0.05, 0) is 71.7 Å². The van der Waals surface area contributed by atoms with Gasteiger partial charge in [0.15, 0.2) is 0 Å². The summed E-state index contributed by atoms with van der Waals surface area (Å²) >= 11 is 0. The molecule has 1 aromatic carbocycles. The Bertz CT molecular complexity index is 438. The van der Waals surface area contributed by atoms with E-state index in [9.17, 15) is 9.50 Å². The van der Waals surface area contributed by atoms with Gasteiger partial charge in [-0.15, -0.1) is 0 Å². The Kier molecular flexibility index (Phi) is 9.53. The summed E-state index contributed by atoms with van der Waals surface area (Å²) in [4.78, 5) is 2.43. The van der Waals surface area contributed by atoms with Gasteiger partial charge in [-0.2, -0.15) is 0 Å². The van der Waals surface area contributed by atoms with E-state index in [4.69, 9.17) is 0 Å². The van der Waals surface area contributed by atoms with Crippen LogP contribution in [0.1, 0.15) is 76.5 Å². The number of hydrogen-bond donors (Lipinski definition) is 1. The van der Waals surface area contributed by atoms with Gasteiger partial charge >= 0.3 is 0 Å². The lowest BCUT2D eigenvalue weighted by Crippen LogP contribution is -2.26. The molecule has 2 nitrogen and oxygen atoms in total. The summed E-state index contributed by atoms with van der Waals surface area (Å²) in [7, 11) is 0. The average Bonchev–Trinajstić information content (AvgIpc) is 2.52. The average molecular weight is 338 g/mol. The molecule has 0 spiro atoms. The molecular weight excluding hydrogens is 301 g/mol. The number of rotatable bonds is 12. The molecule has 1 N–H and O–H groups in total. The maximum atomic E-state index is 13.4. The number of hydrogen-bond acceptors (Lipinski definition) is 2. The Morgan fingerprint density at radius 3 is 2.25 bits per heavy atom. The van der Waals surface area contributed by atoms with Gasteiger partial charge in [0, 0.05) is 0 Å². The fraction of sp³-hybridized carbons (Fsp3) is 0.714. The van der Waals surface area contributed by atoms with Crippen molar-refractivity contribution in [3.05, 3.63) is 35.4 Å². The van der Waals surface area contributed by atoms with Crippen molar-refractivity contribution in [1.29, 1.82) is 0 Å². The van der Waals surface area contributed by atoms with Crippen LogP contribution in [0.25, 0.3) is 0 Å². The van der Waals surface area contributed by atoms with E-state index in [1.165, 1.54) is 5.56 Å². The molecule has 1 rings (SSSR count). The van der Waals surface area contributed by atoms with Gasteiger partial charge in [-0.3, -0.25) is 0 Å². The lowest BCUT2D eigenvalue weighted by Gasteiger charge is -2.21. The highest BCUT2D eigenvalue weighted by atomic mass is 19.1. The van der Waals surface area contributed by atoms with Gasteiger partial charge in [0.25, 0.3) is 0 Å². The maximum absolute atomic E-state index is 13.4. The Hall–Kier alpha value is -0.930. The Morgan fingerprint density at radius 1 is 1.04 bits per heavy atom. The number of benzene rings is 1. The van der Waals surface area contributed by atoms with E-state index >= 15 is 0 Å². The molecule has 0 saturated heterocycles. The van der Waals surface area contributed by atoms with E-state index in [0.29, 0.717) is 6.42 Å². The smallest absolute Gasteiger partial charge is 0.105 e. The van der Waals surface area contributed by atoms with Gasteiger partial charge < -0.3 is 10.0 Å². The van der Waals surface area contributed by atoms with Gasteiger partial charge in [0.05, 0.1) is 6.10 Å². The standard InChI is InChI=1S/C21H36FNO/c1-5-23(16-8-6-7-15-21(3,4)22)17-9-10-20(24)19-13-11-18(2)12-14-19/h11-14,20,24H,5-10,15-17H2,1-4H3. The van der Waals surface area contributed by atoms with Gasteiger partial charge in [-0.25, -0.2) is 4.39 Å². The van der Waals surface area contributed by atoms with Crippen LogP contribution in [-0.2, 0) is 0 Å². The molecular formula is C21H36FNO. The molecule has 0 amide bonds. The van der Waals surface area contributed by atoms with Crippen LogP contribution in [0.3, 0.4) is 0 Å². The predicted molar refractivity (Wildman–Crippen MR) is 101 cm³/mol. The van der Waals surface area contributed by atoms with Crippen LogP contribution >= 0.6 is 0 Å². The number of aryl methyl sites for hydroxylation is 1. The molecule has 1 aromatic rings. The number of aliphatic hydroxyl groups is 1. The van der Waals surface area contributed by atoms with Crippen molar-refractivity contribution in [3.63, 3.8) is 0 Å². The van der Waals surface area contributed by atoms with Gasteiger partial charge in [-0.1, -0.05) is 49.6 Å². The van der Waals surface area contributed by atoms with Crippen LogP contribution in [0.2, 0.25) is 0 Å². The molecule has 0 aromatic heterocycles. The predicted octanol–water partition coefficient (Wildman–Crippen LogP) is 5.44. The second-order valence-corrected chi connectivity index (χ2v) is 7.53. The summed E-state index contributed by atoms with van der Waals surface area (Å²) < 4.78 is 13.4. The SMILES string of the molecule is CCN(CCCCCC(C)(C)F)CCCC(O)c1ccc(C)cc1. The van der Waals surface area contributed by atoms with Crippen molar-refractivity contribution in [3.8, 4) is 0 Å². The molecule has 0 bridgehead atoms. The van der Waals surface area contributed by atoms with Crippen molar-refractivity contribution in [2.75, 3.05) is 19.6 Å². The highest BCUT2D eigenvalue weighted by Crippen LogP contribution is 2.20. The first-order valence-corrected chi connectivity index (χ1v) is 9.47. The summed E-state index contributed by atoms with van der Waals surface area (Å²) in [5.41, 5.74) is 1.20. The van der Waals surface area contributed by atoms with Crippen LogP contribution in [-0.4, -0.2) is 35.3 Å². The Labute approximate surface area is 148 Å². The zero-order valence-electron chi connectivity index (χ0n) is 16.0. The molecule has 0 radical (unpaired) electrons. The minimum atomic E-state index is -1.03. The molecule has 0 aliphatic rings. The first kappa shape index (κ1) is 21.1. The van der Waals surface area contributed by atoms with Crippen molar-refractivity contribution >= 4 is 0 Å².